The minimum atomic E-state index is -4.43. The lowest BCUT2D eigenvalue weighted by atomic mass is 10.1. The lowest BCUT2D eigenvalue weighted by Gasteiger charge is -2.18. The van der Waals surface area contributed by atoms with E-state index in [9.17, 15) is 21.6 Å². The molecule has 2 aromatic carbocycles. The van der Waals surface area contributed by atoms with Crippen LogP contribution >= 0.6 is 22.7 Å². The van der Waals surface area contributed by atoms with E-state index >= 15 is 0 Å². The lowest BCUT2D eigenvalue weighted by Crippen LogP contribution is -2.23. The predicted octanol–water partition coefficient (Wildman–Crippen LogP) is 4.77. The summed E-state index contributed by atoms with van der Waals surface area (Å²) in [5.74, 6) is -0.240. The Morgan fingerprint density at radius 1 is 0.919 bits per heavy atom. The number of thiophene rings is 1. The Bertz CT molecular complexity index is 1580. The van der Waals surface area contributed by atoms with E-state index in [2.05, 4.69) is 15.0 Å². The monoisotopic (exact) mass is 578 g/mol. The van der Waals surface area contributed by atoms with E-state index < -0.39 is 25.6 Å². The maximum Gasteiger partial charge on any atom is 0.357 e. The van der Waals surface area contributed by atoms with E-state index in [4.69, 9.17) is 4.55 Å². The SMILES string of the molecule is CC(=O)Nc1ccc(NS(=O)(=O)[C@@H](Cc2ccc(NS(=O)(=O)O)cc2)c2csc(-c3cccs3)n2)cc1. The van der Waals surface area contributed by atoms with Crippen molar-refractivity contribution in [2.75, 3.05) is 14.8 Å². The molecule has 4 N–H and O–H groups in total. The second-order valence-electron chi connectivity index (χ2n) is 7.93. The first-order chi connectivity index (χ1) is 17.5. The highest BCUT2D eigenvalue weighted by atomic mass is 32.2. The molecule has 0 aliphatic carbocycles. The van der Waals surface area contributed by atoms with Gasteiger partial charge in [-0.05, 0) is 59.8 Å². The van der Waals surface area contributed by atoms with Crippen LogP contribution in [0.3, 0.4) is 0 Å². The highest BCUT2D eigenvalue weighted by Gasteiger charge is 2.30. The second-order valence-corrected chi connectivity index (χ2v) is 12.8. The fourth-order valence-electron chi connectivity index (χ4n) is 3.45. The van der Waals surface area contributed by atoms with Gasteiger partial charge in [-0.3, -0.25) is 18.8 Å². The number of hydrogen-bond acceptors (Lipinski definition) is 8. The van der Waals surface area contributed by atoms with Gasteiger partial charge in [-0.1, -0.05) is 18.2 Å². The van der Waals surface area contributed by atoms with Crippen LogP contribution in [0, 0.1) is 0 Å². The Balaban J connectivity index is 1.63. The standard InChI is InChI=1S/C23H22N4O6S4/c1-15(28)24-17-8-10-18(11-9-17)26-36(29,30)22(20-14-35-23(25-20)21-3-2-12-34-21)13-16-4-6-19(7-5-16)27-37(31,32)33/h2-12,14,22,26-27H,13H2,1H3,(H,24,28)(H,31,32,33)/t22-/m0/s1. The van der Waals surface area contributed by atoms with E-state index in [1.807, 2.05) is 22.2 Å². The zero-order valence-corrected chi connectivity index (χ0v) is 22.5. The van der Waals surface area contributed by atoms with E-state index in [0.717, 1.165) is 4.88 Å². The van der Waals surface area contributed by atoms with Crippen LogP contribution in [-0.4, -0.2) is 32.3 Å². The molecule has 0 saturated carbocycles. The summed E-state index contributed by atoms with van der Waals surface area (Å²) in [6.45, 7) is 1.38. The Morgan fingerprint density at radius 3 is 2.14 bits per heavy atom. The van der Waals surface area contributed by atoms with E-state index in [-0.39, 0.29) is 18.0 Å². The number of anilines is 3. The number of thiazole rings is 1. The Labute approximate surface area is 222 Å². The van der Waals surface area contributed by atoms with Gasteiger partial charge in [0.05, 0.1) is 16.3 Å². The van der Waals surface area contributed by atoms with E-state index in [1.165, 1.54) is 41.7 Å². The number of carbonyl (C=O) groups is 1. The van der Waals surface area contributed by atoms with Crippen LogP contribution in [-0.2, 0) is 31.5 Å². The quantitative estimate of drug-likeness (QED) is 0.198. The molecule has 4 rings (SSSR count). The molecule has 10 nitrogen and oxygen atoms in total. The number of aromatic nitrogens is 1. The molecule has 0 fully saturated rings. The molecular weight excluding hydrogens is 557 g/mol. The number of hydrogen-bond donors (Lipinski definition) is 4. The van der Waals surface area contributed by atoms with Crippen LogP contribution in [0.5, 0.6) is 0 Å². The first kappa shape index (κ1) is 26.8. The molecule has 1 atom stereocenters. The lowest BCUT2D eigenvalue weighted by molar-refractivity contribution is -0.114. The van der Waals surface area contributed by atoms with Gasteiger partial charge in [0.2, 0.25) is 15.9 Å². The number of sulfonamides is 1. The van der Waals surface area contributed by atoms with Gasteiger partial charge in [-0.15, -0.1) is 22.7 Å². The van der Waals surface area contributed by atoms with Crippen LogP contribution in [0.25, 0.3) is 9.88 Å². The predicted molar refractivity (Wildman–Crippen MR) is 147 cm³/mol. The van der Waals surface area contributed by atoms with Gasteiger partial charge in [0, 0.05) is 23.7 Å². The summed E-state index contributed by atoms with van der Waals surface area (Å²) in [5, 5.41) is 5.90. The maximum absolute atomic E-state index is 13.6. The Hall–Kier alpha value is -3.30. The summed E-state index contributed by atoms with van der Waals surface area (Å²) >= 11 is 2.85. The smallest absolute Gasteiger partial charge is 0.326 e. The van der Waals surface area contributed by atoms with Gasteiger partial charge in [-0.2, -0.15) is 8.42 Å². The maximum atomic E-state index is 13.6. The van der Waals surface area contributed by atoms with Crippen molar-refractivity contribution in [3.05, 3.63) is 82.7 Å². The number of amides is 1. The van der Waals surface area contributed by atoms with Crippen molar-refractivity contribution in [3.8, 4) is 9.88 Å². The topological polar surface area (TPSA) is 155 Å². The summed E-state index contributed by atoms with van der Waals surface area (Å²) in [5.41, 5.74) is 1.97. The van der Waals surface area contributed by atoms with Gasteiger partial charge in [0.25, 0.3) is 0 Å². The second kappa shape index (κ2) is 11.0. The number of benzene rings is 2. The molecule has 37 heavy (non-hydrogen) atoms. The van der Waals surface area contributed by atoms with Crippen LogP contribution < -0.4 is 14.8 Å². The van der Waals surface area contributed by atoms with E-state index in [0.29, 0.717) is 27.6 Å². The highest BCUT2D eigenvalue weighted by Crippen LogP contribution is 2.34. The van der Waals surface area contributed by atoms with Crippen molar-refractivity contribution in [1.29, 1.82) is 0 Å². The number of rotatable bonds is 10. The van der Waals surface area contributed by atoms with Crippen LogP contribution in [0.2, 0.25) is 0 Å². The average molecular weight is 579 g/mol. The van der Waals surface area contributed by atoms with Gasteiger partial charge >= 0.3 is 10.3 Å². The first-order valence-corrected chi connectivity index (χ1v) is 15.5. The first-order valence-electron chi connectivity index (χ1n) is 10.7. The molecule has 0 aliphatic rings. The molecule has 194 valence electrons. The van der Waals surface area contributed by atoms with Gasteiger partial charge in [-0.25, -0.2) is 13.4 Å². The molecule has 0 aliphatic heterocycles. The van der Waals surface area contributed by atoms with Crippen molar-refractivity contribution in [3.63, 3.8) is 0 Å². The van der Waals surface area contributed by atoms with Gasteiger partial charge in [0.15, 0.2) is 0 Å². The third kappa shape index (κ3) is 7.36. The molecule has 0 unspecified atom stereocenters. The number of nitrogens with one attached hydrogen (secondary N) is 3. The number of carbonyl (C=O) groups excluding carboxylic acids is 1. The molecule has 2 heterocycles. The molecule has 0 spiro atoms. The highest BCUT2D eigenvalue weighted by molar-refractivity contribution is 7.93. The zero-order chi connectivity index (χ0) is 26.6. The third-order valence-corrected chi connectivity index (χ3v) is 9.12. The summed E-state index contributed by atoms with van der Waals surface area (Å²) in [6.07, 6.45) is 0.0546. The molecule has 1 amide bonds. The molecule has 2 aromatic heterocycles. The van der Waals surface area contributed by atoms with Crippen molar-refractivity contribution in [2.45, 2.75) is 18.6 Å². The Kier molecular flexibility index (Phi) is 7.94. The zero-order valence-electron chi connectivity index (χ0n) is 19.3. The average Bonchev–Trinajstić information content (AvgIpc) is 3.50. The summed E-state index contributed by atoms with van der Waals surface area (Å²) in [7, 11) is -8.43. The minimum Gasteiger partial charge on any atom is -0.326 e. The van der Waals surface area contributed by atoms with Crippen molar-refractivity contribution in [1.82, 2.24) is 4.98 Å². The fraction of sp³-hybridized carbons (Fsp3) is 0.130. The fourth-order valence-corrected chi connectivity index (χ4v) is 7.12. The summed E-state index contributed by atoms with van der Waals surface area (Å²) in [4.78, 5) is 16.8. The summed E-state index contributed by atoms with van der Waals surface area (Å²) in [6, 6.07) is 16.1. The summed E-state index contributed by atoms with van der Waals surface area (Å²) < 4.78 is 62.8. The van der Waals surface area contributed by atoms with E-state index in [1.54, 1.807) is 41.8 Å². The molecule has 0 radical (unpaired) electrons. The molecule has 0 bridgehead atoms. The van der Waals surface area contributed by atoms with Crippen LogP contribution in [0.1, 0.15) is 23.4 Å². The Morgan fingerprint density at radius 2 is 1.54 bits per heavy atom. The molecular formula is C23H22N4O6S4. The van der Waals surface area contributed by atoms with Crippen molar-refractivity contribution >= 4 is 66.0 Å². The van der Waals surface area contributed by atoms with Crippen molar-refractivity contribution in [2.24, 2.45) is 0 Å². The minimum absolute atomic E-state index is 0.0546. The van der Waals surface area contributed by atoms with Crippen LogP contribution in [0.4, 0.5) is 17.1 Å². The molecule has 4 aromatic rings. The third-order valence-electron chi connectivity index (χ3n) is 5.05. The van der Waals surface area contributed by atoms with Gasteiger partial charge < -0.3 is 5.32 Å². The normalized spacial score (nSPS) is 12.6. The van der Waals surface area contributed by atoms with Crippen molar-refractivity contribution < 1.29 is 26.2 Å². The van der Waals surface area contributed by atoms with Crippen LogP contribution in [0.15, 0.2) is 71.4 Å². The largest absolute Gasteiger partial charge is 0.357 e. The number of nitrogens with zero attached hydrogens (tertiary/aromatic N) is 1. The molecule has 14 heteroatoms. The van der Waals surface area contributed by atoms with Gasteiger partial charge in [0.1, 0.15) is 10.3 Å². The molecule has 0 saturated heterocycles.